The SMILES string of the molecule is CC(CCC1CCCCC1)NCC(O)c1ccc(O)c(C(N)=O)c1.Cl. The minimum absolute atomic E-state index is 0. The van der Waals surface area contributed by atoms with Crippen LogP contribution in [0, 0.1) is 5.92 Å². The summed E-state index contributed by atoms with van der Waals surface area (Å²) in [5.41, 5.74) is 5.84. The van der Waals surface area contributed by atoms with Crippen LogP contribution in [0.25, 0.3) is 0 Å². The van der Waals surface area contributed by atoms with E-state index >= 15 is 0 Å². The van der Waals surface area contributed by atoms with Crippen molar-refractivity contribution in [1.82, 2.24) is 5.32 Å². The number of aliphatic hydroxyl groups excluding tert-OH is 1. The lowest BCUT2D eigenvalue weighted by Gasteiger charge is -2.24. The lowest BCUT2D eigenvalue weighted by atomic mass is 9.85. The molecule has 2 atom stereocenters. The van der Waals surface area contributed by atoms with Crippen LogP contribution in [-0.4, -0.2) is 28.7 Å². The number of phenols is 1. The molecule has 1 amide bonds. The third-order valence-corrected chi connectivity index (χ3v) is 5.06. The van der Waals surface area contributed by atoms with Crippen LogP contribution in [-0.2, 0) is 0 Å². The Morgan fingerprint density at radius 3 is 2.64 bits per heavy atom. The van der Waals surface area contributed by atoms with Crippen molar-refractivity contribution >= 4 is 18.3 Å². The van der Waals surface area contributed by atoms with Gasteiger partial charge in [0.05, 0.1) is 11.7 Å². The number of hydrogen-bond donors (Lipinski definition) is 4. The Kier molecular flexibility index (Phi) is 9.25. The summed E-state index contributed by atoms with van der Waals surface area (Å²) in [6.07, 6.45) is 8.46. The normalized spacial score (nSPS) is 17.5. The van der Waals surface area contributed by atoms with Gasteiger partial charge in [-0.3, -0.25) is 4.79 Å². The number of aliphatic hydroxyl groups is 1. The number of amides is 1. The number of nitrogens with two attached hydrogens (primary N) is 1. The van der Waals surface area contributed by atoms with Crippen molar-refractivity contribution in [2.75, 3.05) is 6.54 Å². The molecule has 1 aromatic carbocycles. The molecule has 0 spiro atoms. The van der Waals surface area contributed by atoms with E-state index in [0.717, 1.165) is 12.3 Å². The zero-order valence-electron chi connectivity index (χ0n) is 14.9. The fourth-order valence-electron chi connectivity index (χ4n) is 3.45. The first kappa shape index (κ1) is 21.7. The first-order valence-electron chi connectivity index (χ1n) is 9.01. The van der Waals surface area contributed by atoms with Gasteiger partial charge in [0.1, 0.15) is 5.75 Å². The maximum atomic E-state index is 11.3. The van der Waals surface area contributed by atoms with Gasteiger partial charge in [0.25, 0.3) is 5.91 Å². The molecule has 0 saturated heterocycles. The van der Waals surface area contributed by atoms with Crippen molar-refractivity contribution in [3.63, 3.8) is 0 Å². The van der Waals surface area contributed by atoms with E-state index in [1.54, 1.807) is 6.07 Å². The van der Waals surface area contributed by atoms with E-state index in [1.807, 2.05) is 0 Å². The molecule has 1 fully saturated rings. The number of carbonyl (C=O) groups excluding carboxylic acids is 1. The smallest absolute Gasteiger partial charge is 0.252 e. The van der Waals surface area contributed by atoms with Gasteiger partial charge in [-0.05, 0) is 43.4 Å². The second-order valence-corrected chi connectivity index (χ2v) is 7.05. The van der Waals surface area contributed by atoms with Gasteiger partial charge in [-0.2, -0.15) is 0 Å². The van der Waals surface area contributed by atoms with Gasteiger partial charge in [0.15, 0.2) is 0 Å². The second kappa shape index (κ2) is 10.6. The maximum absolute atomic E-state index is 11.3. The molecule has 2 unspecified atom stereocenters. The first-order valence-corrected chi connectivity index (χ1v) is 9.01. The molecule has 25 heavy (non-hydrogen) atoms. The van der Waals surface area contributed by atoms with Crippen LogP contribution in [0.2, 0.25) is 0 Å². The maximum Gasteiger partial charge on any atom is 0.252 e. The molecule has 2 rings (SSSR count). The van der Waals surface area contributed by atoms with E-state index in [1.165, 1.54) is 50.7 Å². The predicted octanol–water partition coefficient (Wildman–Crippen LogP) is 3.28. The van der Waals surface area contributed by atoms with Crippen LogP contribution in [0.3, 0.4) is 0 Å². The Morgan fingerprint density at radius 1 is 1.32 bits per heavy atom. The summed E-state index contributed by atoms with van der Waals surface area (Å²) in [4.78, 5) is 11.3. The number of benzene rings is 1. The highest BCUT2D eigenvalue weighted by molar-refractivity contribution is 5.95. The first-order chi connectivity index (χ1) is 11.5. The average Bonchev–Trinajstić information content (AvgIpc) is 2.59. The third-order valence-electron chi connectivity index (χ3n) is 5.06. The summed E-state index contributed by atoms with van der Waals surface area (Å²) in [5, 5.41) is 23.2. The summed E-state index contributed by atoms with van der Waals surface area (Å²) in [6, 6.07) is 4.80. The summed E-state index contributed by atoms with van der Waals surface area (Å²) in [5.74, 6) is 0.00534. The van der Waals surface area contributed by atoms with E-state index in [2.05, 4.69) is 12.2 Å². The lowest BCUT2D eigenvalue weighted by molar-refractivity contribution is 0.0997. The van der Waals surface area contributed by atoms with Crippen molar-refractivity contribution in [1.29, 1.82) is 0 Å². The third kappa shape index (κ3) is 6.84. The fraction of sp³-hybridized carbons (Fsp3) is 0.632. The molecule has 1 aromatic rings. The van der Waals surface area contributed by atoms with Crippen LogP contribution in [0.4, 0.5) is 0 Å². The van der Waals surface area contributed by atoms with Gasteiger partial charge in [-0.15, -0.1) is 12.4 Å². The molecule has 5 nitrogen and oxygen atoms in total. The molecule has 0 bridgehead atoms. The molecule has 0 aromatic heterocycles. The van der Waals surface area contributed by atoms with E-state index in [9.17, 15) is 15.0 Å². The zero-order valence-corrected chi connectivity index (χ0v) is 15.7. The Hall–Kier alpha value is -1.30. The molecule has 1 aliphatic carbocycles. The van der Waals surface area contributed by atoms with Crippen LogP contribution in [0.1, 0.15) is 73.9 Å². The van der Waals surface area contributed by atoms with E-state index in [4.69, 9.17) is 5.73 Å². The lowest BCUT2D eigenvalue weighted by Crippen LogP contribution is -2.31. The number of aromatic hydroxyl groups is 1. The number of nitrogens with one attached hydrogen (secondary N) is 1. The standard InChI is InChI=1S/C19H30N2O3.ClH/c1-13(7-8-14-5-3-2-4-6-14)21-12-18(23)15-9-10-17(22)16(11-15)19(20)24;/h9-11,13-14,18,21-23H,2-8,12H2,1H3,(H2,20,24);1H. The second-order valence-electron chi connectivity index (χ2n) is 7.05. The number of hydrogen-bond acceptors (Lipinski definition) is 4. The fourth-order valence-corrected chi connectivity index (χ4v) is 3.45. The summed E-state index contributed by atoms with van der Waals surface area (Å²) in [7, 11) is 0. The summed E-state index contributed by atoms with van der Waals surface area (Å²) < 4.78 is 0. The molecule has 142 valence electrons. The minimum atomic E-state index is -0.735. The minimum Gasteiger partial charge on any atom is -0.507 e. The number of carbonyl (C=O) groups is 1. The predicted molar refractivity (Wildman–Crippen MR) is 102 cm³/mol. The summed E-state index contributed by atoms with van der Waals surface area (Å²) in [6.45, 7) is 2.55. The van der Waals surface area contributed by atoms with E-state index in [0.29, 0.717) is 18.2 Å². The van der Waals surface area contributed by atoms with Crippen LogP contribution >= 0.6 is 12.4 Å². The molecular formula is C19H31ClN2O3. The van der Waals surface area contributed by atoms with Gasteiger partial charge >= 0.3 is 0 Å². The molecule has 5 N–H and O–H groups in total. The molecule has 0 heterocycles. The highest BCUT2D eigenvalue weighted by atomic mass is 35.5. The quantitative estimate of drug-likeness (QED) is 0.564. The molecular weight excluding hydrogens is 340 g/mol. The van der Waals surface area contributed by atoms with Crippen molar-refractivity contribution in [2.45, 2.75) is 64.0 Å². The van der Waals surface area contributed by atoms with Gasteiger partial charge in [0, 0.05) is 12.6 Å². The van der Waals surface area contributed by atoms with E-state index in [-0.39, 0.29) is 23.7 Å². The number of halogens is 1. The topological polar surface area (TPSA) is 95.6 Å². The van der Waals surface area contributed by atoms with Crippen molar-refractivity contribution in [3.8, 4) is 5.75 Å². The Balaban J connectivity index is 0.00000312. The van der Waals surface area contributed by atoms with E-state index < -0.39 is 12.0 Å². The molecule has 0 radical (unpaired) electrons. The molecule has 0 aliphatic heterocycles. The van der Waals surface area contributed by atoms with Crippen LogP contribution in [0.5, 0.6) is 5.75 Å². The molecule has 6 heteroatoms. The zero-order chi connectivity index (χ0) is 17.5. The average molecular weight is 371 g/mol. The van der Waals surface area contributed by atoms with Gasteiger partial charge in [0.2, 0.25) is 0 Å². The highest BCUT2D eigenvalue weighted by Gasteiger charge is 2.16. The van der Waals surface area contributed by atoms with Gasteiger partial charge < -0.3 is 21.3 Å². The Labute approximate surface area is 156 Å². The Bertz CT molecular complexity index is 547. The van der Waals surface area contributed by atoms with Crippen molar-refractivity contribution in [3.05, 3.63) is 29.3 Å². The van der Waals surface area contributed by atoms with Crippen molar-refractivity contribution < 1.29 is 15.0 Å². The van der Waals surface area contributed by atoms with Gasteiger partial charge in [-0.1, -0.05) is 38.2 Å². The van der Waals surface area contributed by atoms with Gasteiger partial charge in [-0.25, -0.2) is 0 Å². The van der Waals surface area contributed by atoms with Crippen LogP contribution < -0.4 is 11.1 Å². The number of primary amides is 1. The largest absolute Gasteiger partial charge is 0.507 e. The monoisotopic (exact) mass is 370 g/mol. The Morgan fingerprint density at radius 2 is 2.00 bits per heavy atom. The molecule has 1 saturated carbocycles. The summed E-state index contributed by atoms with van der Waals surface area (Å²) >= 11 is 0. The molecule has 1 aliphatic rings. The van der Waals surface area contributed by atoms with Crippen LogP contribution in [0.15, 0.2) is 18.2 Å². The number of rotatable bonds is 8. The van der Waals surface area contributed by atoms with Crippen molar-refractivity contribution in [2.24, 2.45) is 11.7 Å². The highest BCUT2D eigenvalue weighted by Crippen LogP contribution is 2.28.